The van der Waals surface area contributed by atoms with E-state index in [1.807, 2.05) is 0 Å². The smallest absolute Gasteiger partial charge is 0.0715 e. The van der Waals surface area contributed by atoms with Crippen molar-refractivity contribution in [2.75, 3.05) is 0 Å². The van der Waals surface area contributed by atoms with Gasteiger partial charge in [0, 0.05) is 16.3 Å². The Kier molecular flexibility index (Phi) is 4.00. The summed E-state index contributed by atoms with van der Waals surface area (Å²) in [6, 6.07) is 25.9. The molecule has 0 aliphatic carbocycles. The number of fused-ring (bicyclic) bond motifs is 2. The summed E-state index contributed by atoms with van der Waals surface area (Å²) in [4.78, 5) is 4.84. The minimum absolute atomic E-state index is 1.06. The molecular weight excluding hydrogens is 290 g/mol. The molecule has 24 heavy (non-hydrogen) atoms. The number of nitrogens with zero attached hydrogens (tertiary/aromatic N) is 1. The summed E-state index contributed by atoms with van der Waals surface area (Å²) in [6.07, 6.45) is 3.61. The van der Waals surface area contributed by atoms with E-state index in [4.69, 9.17) is 4.98 Å². The normalized spacial score (nSPS) is 11.2. The maximum absolute atomic E-state index is 4.84. The van der Waals surface area contributed by atoms with Crippen molar-refractivity contribution in [2.45, 2.75) is 26.2 Å². The van der Waals surface area contributed by atoms with Gasteiger partial charge in [-0.2, -0.15) is 0 Å². The van der Waals surface area contributed by atoms with Crippen LogP contribution in [0.5, 0.6) is 0 Å². The molecule has 0 saturated carbocycles. The number of aromatic nitrogens is 1. The molecular formula is C23H21N. The molecule has 1 nitrogen and oxygen atoms in total. The summed E-state index contributed by atoms with van der Waals surface area (Å²) >= 11 is 0. The predicted molar refractivity (Wildman–Crippen MR) is 103 cm³/mol. The van der Waals surface area contributed by atoms with Crippen LogP contribution < -0.4 is 0 Å². The molecule has 3 aromatic carbocycles. The van der Waals surface area contributed by atoms with Crippen molar-refractivity contribution >= 4 is 21.8 Å². The quantitative estimate of drug-likeness (QED) is 0.397. The van der Waals surface area contributed by atoms with Crippen molar-refractivity contribution in [2.24, 2.45) is 0 Å². The van der Waals surface area contributed by atoms with Gasteiger partial charge in [-0.15, -0.1) is 0 Å². The zero-order valence-corrected chi connectivity index (χ0v) is 14.0. The fraction of sp³-hybridized carbons (Fsp3) is 0.174. The lowest BCUT2D eigenvalue weighted by molar-refractivity contribution is 0.795. The lowest BCUT2D eigenvalue weighted by Gasteiger charge is -2.12. The standard InChI is InChI=1S/C23H21N/c1-2-3-9-17-10-8-11-18(16-17)23-19-12-4-6-14-21(19)24-22-15-7-5-13-20(22)23/h4-8,10-16H,2-3,9H2,1H3. The number of hydrogen-bond acceptors (Lipinski definition) is 1. The van der Waals surface area contributed by atoms with Crippen molar-refractivity contribution in [1.82, 2.24) is 4.98 Å². The van der Waals surface area contributed by atoms with Gasteiger partial charge in [0.15, 0.2) is 0 Å². The predicted octanol–water partition coefficient (Wildman–Crippen LogP) is 6.40. The number of pyridine rings is 1. The third-order valence-electron chi connectivity index (χ3n) is 4.62. The lowest BCUT2D eigenvalue weighted by Crippen LogP contribution is -1.90. The van der Waals surface area contributed by atoms with Crippen LogP contribution in [0.3, 0.4) is 0 Å². The van der Waals surface area contributed by atoms with E-state index in [2.05, 4.69) is 79.7 Å². The average molecular weight is 311 g/mol. The molecule has 0 bridgehead atoms. The molecule has 0 saturated heterocycles. The highest BCUT2D eigenvalue weighted by atomic mass is 14.7. The maximum atomic E-state index is 4.84. The van der Waals surface area contributed by atoms with Crippen LogP contribution in [0.2, 0.25) is 0 Å². The molecule has 1 heterocycles. The second-order valence-corrected chi connectivity index (χ2v) is 6.33. The summed E-state index contributed by atoms with van der Waals surface area (Å²) in [5, 5.41) is 2.45. The van der Waals surface area contributed by atoms with Crippen LogP contribution in [0.15, 0.2) is 72.8 Å². The Bertz CT molecular complexity index is 947. The molecule has 4 aromatic rings. The van der Waals surface area contributed by atoms with Gasteiger partial charge in [-0.1, -0.05) is 74.0 Å². The molecule has 4 rings (SSSR count). The molecule has 0 radical (unpaired) electrons. The third-order valence-corrected chi connectivity index (χ3v) is 4.62. The zero-order valence-electron chi connectivity index (χ0n) is 14.0. The Morgan fingerprint density at radius 2 is 1.42 bits per heavy atom. The van der Waals surface area contributed by atoms with Crippen molar-refractivity contribution in [1.29, 1.82) is 0 Å². The van der Waals surface area contributed by atoms with Crippen LogP contribution in [0.25, 0.3) is 32.9 Å². The lowest BCUT2D eigenvalue weighted by atomic mass is 9.94. The van der Waals surface area contributed by atoms with Crippen molar-refractivity contribution < 1.29 is 0 Å². The minimum atomic E-state index is 1.06. The van der Waals surface area contributed by atoms with E-state index in [1.54, 1.807) is 0 Å². The molecule has 0 amide bonds. The molecule has 0 N–H and O–H groups in total. The van der Waals surface area contributed by atoms with Gasteiger partial charge in [-0.25, -0.2) is 4.98 Å². The Morgan fingerprint density at radius 1 is 0.750 bits per heavy atom. The van der Waals surface area contributed by atoms with Crippen LogP contribution >= 0.6 is 0 Å². The summed E-state index contributed by atoms with van der Waals surface area (Å²) in [5.74, 6) is 0. The highest BCUT2D eigenvalue weighted by Gasteiger charge is 2.11. The minimum Gasteiger partial charge on any atom is -0.248 e. The summed E-state index contributed by atoms with van der Waals surface area (Å²) < 4.78 is 0. The molecule has 1 heteroatoms. The second-order valence-electron chi connectivity index (χ2n) is 6.33. The monoisotopic (exact) mass is 311 g/mol. The number of rotatable bonds is 4. The number of para-hydroxylation sites is 2. The Morgan fingerprint density at radius 3 is 2.08 bits per heavy atom. The highest BCUT2D eigenvalue weighted by molar-refractivity contribution is 6.09. The van der Waals surface area contributed by atoms with Crippen molar-refractivity contribution in [3.05, 3.63) is 78.4 Å². The largest absolute Gasteiger partial charge is 0.248 e. The van der Waals surface area contributed by atoms with Crippen LogP contribution in [0.4, 0.5) is 0 Å². The fourth-order valence-corrected chi connectivity index (χ4v) is 3.41. The van der Waals surface area contributed by atoms with Gasteiger partial charge in [0.1, 0.15) is 0 Å². The van der Waals surface area contributed by atoms with E-state index in [0.29, 0.717) is 0 Å². The van der Waals surface area contributed by atoms with Crippen LogP contribution in [0.1, 0.15) is 25.3 Å². The SMILES string of the molecule is CCCCc1cccc(-c2c3ccccc3nc3ccccc23)c1. The molecule has 0 fully saturated rings. The summed E-state index contributed by atoms with van der Waals surface area (Å²) in [6.45, 7) is 2.24. The summed E-state index contributed by atoms with van der Waals surface area (Å²) in [5.41, 5.74) is 6.13. The van der Waals surface area contributed by atoms with Gasteiger partial charge in [0.05, 0.1) is 11.0 Å². The molecule has 118 valence electrons. The van der Waals surface area contributed by atoms with Crippen molar-refractivity contribution in [3.8, 4) is 11.1 Å². The van der Waals surface area contributed by atoms with Crippen LogP contribution in [-0.2, 0) is 6.42 Å². The summed E-state index contributed by atoms with van der Waals surface area (Å²) in [7, 11) is 0. The van der Waals surface area contributed by atoms with Crippen LogP contribution in [-0.4, -0.2) is 4.98 Å². The first-order valence-electron chi connectivity index (χ1n) is 8.73. The van der Waals surface area contributed by atoms with E-state index in [0.717, 1.165) is 17.5 Å². The third kappa shape index (κ3) is 2.67. The Balaban J connectivity index is 2.00. The van der Waals surface area contributed by atoms with E-state index in [1.165, 1.54) is 40.3 Å². The van der Waals surface area contributed by atoms with Gasteiger partial charge < -0.3 is 0 Å². The molecule has 0 aliphatic rings. The topological polar surface area (TPSA) is 12.9 Å². The van der Waals surface area contributed by atoms with Crippen molar-refractivity contribution in [3.63, 3.8) is 0 Å². The van der Waals surface area contributed by atoms with Gasteiger partial charge >= 0.3 is 0 Å². The van der Waals surface area contributed by atoms with Gasteiger partial charge in [0.2, 0.25) is 0 Å². The Hall–Kier alpha value is -2.67. The molecule has 0 atom stereocenters. The zero-order chi connectivity index (χ0) is 16.4. The van der Waals surface area contributed by atoms with E-state index in [9.17, 15) is 0 Å². The number of hydrogen-bond donors (Lipinski definition) is 0. The van der Waals surface area contributed by atoms with E-state index >= 15 is 0 Å². The maximum Gasteiger partial charge on any atom is 0.0715 e. The molecule has 1 aromatic heterocycles. The van der Waals surface area contributed by atoms with Gasteiger partial charge in [-0.3, -0.25) is 0 Å². The molecule has 0 aliphatic heterocycles. The first-order chi connectivity index (χ1) is 11.9. The first-order valence-corrected chi connectivity index (χ1v) is 8.73. The van der Waals surface area contributed by atoms with Crippen LogP contribution in [0, 0.1) is 0 Å². The van der Waals surface area contributed by atoms with Gasteiger partial charge in [-0.05, 0) is 36.1 Å². The van der Waals surface area contributed by atoms with E-state index in [-0.39, 0.29) is 0 Å². The number of benzene rings is 3. The average Bonchev–Trinajstić information content (AvgIpc) is 2.64. The number of unbranched alkanes of at least 4 members (excludes halogenated alkanes) is 1. The van der Waals surface area contributed by atoms with E-state index < -0.39 is 0 Å². The molecule has 0 unspecified atom stereocenters. The number of aryl methyl sites for hydroxylation is 1. The Labute approximate surface area is 143 Å². The molecule has 0 spiro atoms. The fourth-order valence-electron chi connectivity index (χ4n) is 3.41. The second kappa shape index (κ2) is 6.45. The first kappa shape index (κ1) is 14.9. The van der Waals surface area contributed by atoms with Gasteiger partial charge in [0.25, 0.3) is 0 Å². The highest BCUT2D eigenvalue weighted by Crippen LogP contribution is 2.35.